The van der Waals surface area contributed by atoms with Crippen molar-refractivity contribution in [2.75, 3.05) is 6.61 Å². The average molecular weight is 361 g/mol. The van der Waals surface area contributed by atoms with E-state index in [0.29, 0.717) is 0 Å². The Kier molecular flexibility index (Phi) is 6.39. The molecule has 26 heavy (non-hydrogen) atoms. The maximum absolute atomic E-state index is 13.8. The van der Waals surface area contributed by atoms with E-state index in [9.17, 15) is 23.2 Å². The number of nitriles is 1. The van der Waals surface area contributed by atoms with Crippen molar-refractivity contribution in [3.8, 4) is 17.6 Å². The Labute approximate surface area is 148 Å². The summed E-state index contributed by atoms with van der Waals surface area (Å²) in [5.41, 5.74) is -0.682. The lowest BCUT2D eigenvalue weighted by Gasteiger charge is -2.13. The fourth-order valence-corrected chi connectivity index (χ4v) is 2.23. The zero-order valence-corrected chi connectivity index (χ0v) is 13.7. The molecule has 0 heterocycles. The van der Waals surface area contributed by atoms with Gasteiger partial charge in [-0.3, -0.25) is 4.79 Å². The number of allylic oxidation sites excluding steroid dienone is 1. The molecule has 0 amide bonds. The molecule has 2 aromatic carbocycles. The summed E-state index contributed by atoms with van der Waals surface area (Å²) in [5, 5.41) is 9.27. The molecule has 134 valence electrons. The van der Waals surface area contributed by atoms with Crippen molar-refractivity contribution in [1.29, 1.82) is 5.26 Å². The Morgan fingerprint density at radius 2 is 1.96 bits per heavy atom. The van der Waals surface area contributed by atoms with Gasteiger partial charge in [0.2, 0.25) is 5.78 Å². The Hall–Kier alpha value is -3.27. The first-order valence-corrected chi connectivity index (χ1v) is 7.59. The van der Waals surface area contributed by atoms with Crippen LogP contribution < -0.4 is 9.47 Å². The molecule has 0 atom stereocenters. The number of halogens is 3. The quantitative estimate of drug-likeness (QED) is 0.410. The number of ketones is 1. The third kappa shape index (κ3) is 4.42. The van der Waals surface area contributed by atoms with Crippen LogP contribution in [0.2, 0.25) is 0 Å². The standard InChI is InChI=1S/C19H14F3NO3/c1-2-25-16-9-5-6-12(18(16)26-19(21)22)10-13(11-23)17(24)14-7-3-4-8-15(14)20/h3-10,19H,2H2,1H3/b13-10+. The molecule has 2 rings (SSSR count). The molecule has 0 radical (unpaired) electrons. The van der Waals surface area contributed by atoms with E-state index in [1.807, 2.05) is 0 Å². The van der Waals surface area contributed by atoms with Gasteiger partial charge >= 0.3 is 6.61 Å². The van der Waals surface area contributed by atoms with Gasteiger partial charge in [0.1, 0.15) is 17.5 Å². The highest BCUT2D eigenvalue weighted by atomic mass is 19.3. The molecule has 0 aliphatic rings. The van der Waals surface area contributed by atoms with E-state index in [2.05, 4.69) is 4.74 Å². The summed E-state index contributed by atoms with van der Waals surface area (Å²) >= 11 is 0. The number of rotatable bonds is 7. The smallest absolute Gasteiger partial charge is 0.387 e. The van der Waals surface area contributed by atoms with Crippen molar-refractivity contribution in [3.63, 3.8) is 0 Å². The molecular formula is C19H14F3NO3. The van der Waals surface area contributed by atoms with Crippen molar-refractivity contribution in [2.24, 2.45) is 0 Å². The van der Waals surface area contributed by atoms with Gasteiger partial charge in [0.15, 0.2) is 11.5 Å². The largest absolute Gasteiger partial charge is 0.490 e. The summed E-state index contributed by atoms with van der Waals surface area (Å²) < 4.78 is 49.0. The minimum absolute atomic E-state index is 0.0391. The summed E-state index contributed by atoms with van der Waals surface area (Å²) in [4.78, 5) is 12.4. The number of hydrogen-bond donors (Lipinski definition) is 0. The van der Waals surface area contributed by atoms with Gasteiger partial charge in [-0.15, -0.1) is 0 Å². The predicted octanol–water partition coefficient (Wildman–Crippen LogP) is 4.62. The second kappa shape index (κ2) is 8.72. The zero-order chi connectivity index (χ0) is 19.1. The summed E-state index contributed by atoms with van der Waals surface area (Å²) in [6, 6.07) is 11.1. The zero-order valence-electron chi connectivity index (χ0n) is 13.7. The highest BCUT2D eigenvalue weighted by molar-refractivity contribution is 6.14. The number of nitrogens with zero attached hydrogens (tertiary/aromatic N) is 1. The van der Waals surface area contributed by atoms with Crippen LogP contribution in [0, 0.1) is 17.1 Å². The SMILES string of the molecule is CCOc1cccc(/C=C(\C#N)C(=O)c2ccccc2F)c1OC(F)F. The van der Waals surface area contributed by atoms with E-state index in [1.165, 1.54) is 36.4 Å². The molecule has 0 aliphatic carbocycles. The van der Waals surface area contributed by atoms with Crippen LogP contribution in [0.25, 0.3) is 6.08 Å². The van der Waals surface area contributed by atoms with Gasteiger partial charge in [0.05, 0.1) is 12.2 Å². The number of carbonyl (C=O) groups excluding carboxylic acids is 1. The van der Waals surface area contributed by atoms with Gasteiger partial charge in [-0.1, -0.05) is 24.3 Å². The van der Waals surface area contributed by atoms with Crippen LogP contribution in [0.3, 0.4) is 0 Å². The first-order chi connectivity index (χ1) is 12.5. The summed E-state index contributed by atoms with van der Waals surface area (Å²) in [6.07, 6.45) is 1.06. The van der Waals surface area contributed by atoms with Gasteiger partial charge in [-0.05, 0) is 31.2 Å². The predicted molar refractivity (Wildman–Crippen MR) is 88.6 cm³/mol. The van der Waals surface area contributed by atoms with Gasteiger partial charge in [-0.2, -0.15) is 14.0 Å². The Bertz CT molecular complexity index is 873. The lowest BCUT2D eigenvalue weighted by molar-refractivity contribution is -0.0515. The fourth-order valence-electron chi connectivity index (χ4n) is 2.23. The van der Waals surface area contributed by atoms with Crippen LogP contribution >= 0.6 is 0 Å². The molecule has 7 heteroatoms. The van der Waals surface area contributed by atoms with E-state index in [-0.39, 0.29) is 29.2 Å². The van der Waals surface area contributed by atoms with E-state index in [1.54, 1.807) is 13.0 Å². The minimum atomic E-state index is -3.13. The topological polar surface area (TPSA) is 59.3 Å². The Morgan fingerprint density at radius 3 is 2.58 bits per heavy atom. The summed E-state index contributed by atoms with van der Waals surface area (Å²) in [6.45, 7) is -1.26. The number of para-hydroxylation sites is 1. The molecule has 0 aromatic heterocycles. The average Bonchev–Trinajstić information content (AvgIpc) is 2.61. The van der Waals surface area contributed by atoms with E-state index in [0.717, 1.165) is 12.1 Å². The van der Waals surface area contributed by atoms with Gasteiger partial charge in [-0.25, -0.2) is 4.39 Å². The van der Waals surface area contributed by atoms with Crippen molar-refractivity contribution in [1.82, 2.24) is 0 Å². The molecule has 4 nitrogen and oxygen atoms in total. The highest BCUT2D eigenvalue weighted by Crippen LogP contribution is 2.34. The highest BCUT2D eigenvalue weighted by Gasteiger charge is 2.19. The first-order valence-electron chi connectivity index (χ1n) is 7.59. The van der Waals surface area contributed by atoms with Crippen LogP contribution in [0.15, 0.2) is 48.0 Å². The molecule has 0 saturated heterocycles. The minimum Gasteiger partial charge on any atom is -0.490 e. The van der Waals surface area contributed by atoms with Crippen molar-refractivity contribution < 1.29 is 27.4 Å². The van der Waals surface area contributed by atoms with Gasteiger partial charge < -0.3 is 9.47 Å². The lowest BCUT2D eigenvalue weighted by atomic mass is 10.0. The van der Waals surface area contributed by atoms with Gasteiger partial charge in [0, 0.05) is 5.56 Å². The van der Waals surface area contributed by atoms with Gasteiger partial charge in [0.25, 0.3) is 0 Å². The van der Waals surface area contributed by atoms with Crippen molar-refractivity contribution in [3.05, 3.63) is 65.0 Å². The van der Waals surface area contributed by atoms with Crippen LogP contribution in [0.1, 0.15) is 22.8 Å². The monoisotopic (exact) mass is 361 g/mol. The second-order valence-corrected chi connectivity index (χ2v) is 4.96. The molecule has 0 bridgehead atoms. The first kappa shape index (κ1) is 19.1. The molecule has 0 spiro atoms. The molecule has 0 aliphatic heterocycles. The number of carbonyl (C=O) groups is 1. The molecule has 0 fully saturated rings. The summed E-state index contributed by atoms with van der Waals surface area (Å²) in [5.74, 6) is -1.92. The molecule has 0 unspecified atom stereocenters. The molecular weight excluding hydrogens is 347 g/mol. The molecule has 0 N–H and O–H groups in total. The van der Waals surface area contributed by atoms with Crippen molar-refractivity contribution in [2.45, 2.75) is 13.5 Å². The van der Waals surface area contributed by atoms with E-state index >= 15 is 0 Å². The Morgan fingerprint density at radius 1 is 1.23 bits per heavy atom. The van der Waals surface area contributed by atoms with Crippen LogP contribution in [0.4, 0.5) is 13.2 Å². The number of alkyl halides is 2. The third-order valence-electron chi connectivity index (χ3n) is 3.30. The number of Topliss-reactive ketones (excluding diaryl/α,β-unsaturated/α-hetero) is 1. The second-order valence-electron chi connectivity index (χ2n) is 4.96. The van der Waals surface area contributed by atoms with Crippen molar-refractivity contribution >= 4 is 11.9 Å². The number of hydrogen-bond acceptors (Lipinski definition) is 4. The van der Waals surface area contributed by atoms with E-state index < -0.39 is 23.8 Å². The normalized spacial score (nSPS) is 11.2. The lowest BCUT2D eigenvalue weighted by Crippen LogP contribution is -2.07. The molecule has 2 aromatic rings. The number of benzene rings is 2. The maximum Gasteiger partial charge on any atom is 0.387 e. The fraction of sp³-hybridized carbons (Fsp3) is 0.158. The Balaban J connectivity index is 2.52. The van der Waals surface area contributed by atoms with Crippen LogP contribution in [0.5, 0.6) is 11.5 Å². The van der Waals surface area contributed by atoms with Crippen LogP contribution in [-0.2, 0) is 0 Å². The number of ether oxygens (including phenoxy) is 2. The molecule has 0 saturated carbocycles. The van der Waals surface area contributed by atoms with E-state index in [4.69, 9.17) is 4.74 Å². The van der Waals surface area contributed by atoms with Crippen LogP contribution in [-0.4, -0.2) is 19.0 Å². The summed E-state index contributed by atoms with van der Waals surface area (Å²) in [7, 11) is 0. The third-order valence-corrected chi connectivity index (χ3v) is 3.30. The maximum atomic E-state index is 13.8.